The van der Waals surface area contributed by atoms with Crippen LogP contribution in [0.2, 0.25) is 0 Å². The second kappa shape index (κ2) is 7.19. The van der Waals surface area contributed by atoms with E-state index < -0.39 is 6.04 Å². The minimum absolute atomic E-state index is 0.0223. The number of hydrogen-bond donors (Lipinski definition) is 3. The van der Waals surface area contributed by atoms with E-state index >= 15 is 0 Å². The quantitative estimate of drug-likeness (QED) is 0.768. The third kappa shape index (κ3) is 5.53. The molecule has 1 unspecified atom stereocenters. The van der Waals surface area contributed by atoms with Crippen LogP contribution in [0.3, 0.4) is 0 Å². The third-order valence-corrected chi connectivity index (χ3v) is 2.90. The summed E-state index contributed by atoms with van der Waals surface area (Å²) in [6, 6.07) is 6.25. The van der Waals surface area contributed by atoms with Gasteiger partial charge in [-0.25, -0.2) is 0 Å². The lowest BCUT2D eigenvalue weighted by Gasteiger charge is -2.25. The van der Waals surface area contributed by atoms with Gasteiger partial charge in [-0.2, -0.15) is 0 Å². The number of carbonyl (C=O) groups excluding carboxylic acids is 2. The molecular weight excluding hydrogens is 270 g/mol. The summed E-state index contributed by atoms with van der Waals surface area (Å²) in [5.41, 5.74) is 6.74. The Labute approximate surface area is 125 Å². The Morgan fingerprint density at radius 2 is 1.81 bits per heavy atom. The highest BCUT2D eigenvalue weighted by molar-refractivity contribution is 5.97. The fourth-order valence-corrected chi connectivity index (χ4v) is 1.62. The Bertz CT molecular complexity index is 509. The first-order valence-electron chi connectivity index (χ1n) is 6.69. The van der Waals surface area contributed by atoms with E-state index in [1.165, 1.54) is 7.11 Å². The zero-order chi connectivity index (χ0) is 16.0. The number of methoxy groups -OCH3 is 1. The van der Waals surface area contributed by atoms with Gasteiger partial charge in [-0.1, -0.05) is 26.8 Å². The average Bonchev–Trinajstić information content (AvgIpc) is 2.37. The summed E-state index contributed by atoms with van der Waals surface area (Å²) < 4.78 is 4.74. The van der Waals surface area contributed by atoms with E-state index in [1.54, 1.807) is 24.3 Å². The van der Waals surface area contributed by atoms with Crippen molar-refractivity contribution in [3.63, 3.8) is 0 Å². The highest BCUT2D eigenvalue weighted by atomic mass is 16.5. The van der Waals surface area contributed by atoms with Crippen LogP contribution < -0.4 is 16.4 Å². The molecule has 0 heterocycles. The van der Waals surface area contributed by atoms with Crippen LogP contribution in [0, 0.1) is 5.41 Å². The summed E-state index contributed by atoms with van der Waals surface area (Å²) in [7, 11) is 1.45. The number of nitrogens with two attached hydrogens (primary N) is 1. The Morgan fingerprint density at radius 3 is 2.33 bits per heavy atom. The number of nitrogens with one attached hydrogen (secondary N) is 2. The van der Waals surface area contributed by atoms with E-state index in [0.717, 1.165) is 0 Å². The Balaban J connectivity index is 2.73. The monoisotopic (exact) mass is 293 g/mol. The van der Waals surface area contributed by atoms with Crippen LogP contribution in [0.25, 0.3) is 0 Å². The largest absolute Gasteiger partial charge is 0.375 e. The smallest absolute Gasteiger partial charge is 0.250 e. The van der Waals surface area contributed by atoms with Crippen LogP contribution in [0.15, 0.2) is 24.3 Å². The lowest BCUT2D eigenvalue weighted by atomic mass is 9.87. The molecule has 1 atom stereocenters. The van der Waals surface area contributed by atoms with Gasteiger partial charge in [0.25, 0.3) is 0 Å². The van der Waals surface area contributed by atoms with Crippen molar-refractivity contribution >= 4 is 23.2 Å². The topological polar surface area (TPSA) is 93.5 Å². The van der Waals surface area contributed by atoms with Crippen molar-refractivity contribution in [3.8, 4) is 0 Å². The van der Waals surface area contributed by atoms with Crippen LogP contribution >= 0.6 is 0 Å². The molecule has 0 aliphatic carbocycles. The third-order valence-electron chi connectivity index (χ3n) is 2.90. The fraction of sp³-hybridized carbons (Fsp3) is 0.467. The minimum atomic E-state index is -0.621. The number of anilines is 2. The van der Waals surface area contributed by atoms with E-state index in [1.807, 2.05) is 20.8 Å². The zero-order valence-corrected chi connectivity index (χ0v) is 12.9. The summed E-state index contributed by atoms with van der Waals surface area (Å²) in [6.07, 6.45) is 0. The summed E-state index contributed by atoms with van der Waals surface area (Å²) in [4.78, 5) is 23.5. The lowest BCUT2D eigenvalue weighted by Crippen LogP contribution is -2.45. The maximum atomic E-state index is 12.1. The predicted octanol–water partition coefficient (Wildman–Crippen LogP) is 1.58. The normalized spacial score (nSPS) is 12.6. The molecule has 21 heavy (non-hydrogen) atoms. The average molecular weight is 293 g/mol. The van der Waals surface area contributed by atoms with Crippen LogP contribution in [0.1, 0.15) is 20.8 Å². The molecule has 0 aromatic heterocycles. The number of rotatable bonds is 5. The number of amides is 2. The van der Waals surface area contributed by atoms with Crippen molar-refractivity contribution < 1.29 is 14.3 Å². The van der Waals surface area contributed by atoms with Gasteiger partial charge in [0.1, 0.15) is 6.61 Å². The first kappa shape index (κ1) is 17.1. The molecule has 0 aliphatic rings. The molecular formula is C15H23N3O3. The van der Waals surface area contributed by atoms with Gasteiger partial charge in [0.2, 0.25) is 11.8 Å². The van der Waals surface area contributed by atoms with Gasteiger partial charge in [-0.3, -0.25) is 9.59 Å². The van der Waals surface area contributed by atoms with Crippen LogP contribution in [0.4, 0.5) is 11.4 Å². The van der Waals surface area contributed by atoms with Gasteiger partial charge in [-0.15, -0.1) is 0 Å². The molecule has 1 rings (SSSR count). The molecule has 4 N–H and O–H groups in total. The first-order chi connectivity index (χ1) is 9.74. The second-order valence-corrected chi connectivity index (χ2v) is 5.89. The molecule has 1 aromatic rings. The summed E-state index contributed by atoms with van der Waals surface area (Å²) >= 11 is 0. The summed E-state index contributed by atoms with van der Waals surface area (Å²) in [5.74, 6) is -0.518. The van der Waals surface area contributed by atoms with E-state index in [2.05, 4.69) is 10.6 Å². The van der Waals surface area contributed by atoms with Crippen molar-refractivity contribution in [2.75, 3.05) is 24.4 Å². The Hall–Kier alpha value is -1.92. The van der Waals surface area contributed by atoms with E-state index in [0.29, 0.717) is 11.4 Å². The fourth-order valence-electron chi connectivity index (χ4n) is 1.62. The summed E-state index contributed by atoms with van der Waals surface area (Å²) in [6.45, 7) is 5.68. The van der Waals surface area contributed by atoms with Gasteiger partial charge in [0.05, 0.1) is 6.04 Å². The van der Waals surface area contributed by atoms with Gasteiger partial charge in [0.15, 0.2) is 0 Å². The molecule has 0 saturated carbocycles. The Morgan fingerprint density at radius 1 is 1.24 bits per heavy atom. The molecule has 116 valence electrons. The molecule has 0 fully saturated rings. The van der Waals surface area contributed by atoms with Crippen molar-refractivity contribution in [2.24, 2.45) is 11.1 Å². The SMILES string of the molecule is COCC(=O)Nc1cccc(NC(=O)C(N)C(C)(C)C)c1. The highest BCUT2D eigenvalue weighted by Crippen LogP contribution is 2.20. The van der Waals surface area contributed by atoms with Crippen LogP contribution in [-0.4, -0.2) is 31.6 Å². The predicted molar refractivity (Wildman–Crippen MR) is 83.0 cm³/mol. The maximum absolute atomic E-state index is 12.1. The number of ether oxygens (including phenoxy) is 1. The van der Waals surface area contributed by atoms with Crippen LogP contribution in [0.5, 0.6) is 0 Å². The highest BCUT2D eigenvalue weighted by Gasteiger charge is 2.27. The van der Waals surface area contributed by atoms with Gasteiger partial charge in [-0.05, 0) is 23.6 Å². The molecule has 2 amide bonds. The van der Waals surface area contributed by atoms with E-state index in [4.69, 9.17) is 10.5 Å². The molecule has 0 spiro atoms. The molecule has 0 aliphatic heterocycles. The molecule has 0 radical (unpaired) electrons. The zero-order valence-electron chi connectivity index (χ0n) is 12.9. The van der Waals surface area contributed by atoms with E-state index in [-0.39, 0.29) is 23.8 Å². The minimum Gasteiger partial charge on any atom is -0.375 e. The molecule has 1 aromatic carbocycles. The van der Waals surface area contributed by atoms with Crippen molar-refractivity contribution in [1.82, 2.24) is 0 Å². The Kier molecular flexibility index (Phi) is 5.87. The van der Waals surface area contributed by atoms with Crippen molar-refractivity contribution in [2.45, 2.75) is 26.8 Å². The number of hydrogen-bond acceptors (Lipinski definition) is 4. The number of carbonyl (C=O) groups is 2. The van der Waals surface area contributed by atoms with E-state index in [9.17, 15) is 9.59 Å². The van der Waals surface area contributed by atoms with Gasteiger partial charge >= 0.3 is 0 Å². The standard InChI is InChI=1S/C15H23N3O3/c1-15(2,3)13(16)14(20)18-11-7-5-6-10(8-11)17-12(19)9-21-4/h5-8,13H,9,16H2,1-4H3,(H,17,19)(H,18,20). The first-order valence-corrected chi connectivity index (χ1v) is 6.69. The summed E-state index contributed by atoms with van der Waals surface area (Å²) in [5, 5.41) is 5.42. The van der Waals surface area contributed by atoms with Crippen LogP contribution in [-0.2, 0) is 14.3 Å². The molecule has 6 heteroatoms. The molecule has 6 nitrogen and oxygen atoms in total. The maximum Gasteiger partial charge on any atom is 0.250 e. The lowest BCUT2D eigenvalue weighted by molar-refractivity contribution is -0.120. The second-order valence-electron chi connectivity index (χ2n) is 5.89. The molecule has 0 saturated heterocycles. The van der Waals surface area contributed by atoms with Gasteiger partial charge in [0, 0.05) is 18.5 Å². The number of benzene rings is 1. The van der Waals surface area contributed by atoms with Crippen molar-refractivity contribution in [3.05, 3.63) is 24.3 Å². The molecule has 0 bridgehead atoms. The van der Waals surface area contributed by atoms with Crippen molar-refractivity contribution in [1.29, 1.82) is 0 Å². The van der Waals surface area contributed by atoms with Gasteiger partial charge < -0.3 is 21.1 Å².